The summed E-state index contributed by atoms with van der Waals surface area (Å²) in [5.74, 6) is 0. The first-order chi connectivity index (χ1) is 11.6. The largest absolute Gasteiger partial charge is 0.388 e. The highest BCUT2D eigenvalue weighted by atomic mass is 32.2. The lowest BCUT2D eigenvalue weighted by Crippen LogP contribution is -2.24. The molecule has 24 heavy (non-hydrogen) atoms. The monoisotopic (exact) mass is 353 g/mol. The van der Waals surface area contributed by atoms with E-state index in [1.165, 1.54) is 0 Å². The average Bonchev–Trinajstić information content (AvgIpc) is 3.07. The summed E-state index contributed by atoms with van der Waals surface area (Å²) in [5.41, 5.74) is 2.17. The molecule has 1 aromatic carbocycles. The Morgan fingerprint density at radius 2 is 2.17 bits per heavy atom. The first-order valence-electron chi connectivity index (χ1n) is 7.34. The number of nitrogens with two attached hydrogens (primary N) is 1. The Morgan fingerprint density at radius 1 is 1.38 bits per heavy atom. The van der Waals surface area contributed by atoms with Gasteiger partial charge in [0.25, 0.3) is 0 Å². The first-order valence-corrected chi connectivity index (χ1v) is 9.04. The maximum absolute atomic E-state index is 8.95. The van der Waals surface area contributed by atoms with E-state index in [1.807, 2.05) is 26.1 Å². The van der Waals surface area contributed by atoms with Gasteiger partial charge in [-0.25, -0.2) is 0 Å². The second-order valence-corrected chi connectivity index (χ2v) is 6.78. The third-order valence-electron chi connectivity index (χ3n) is 3.48. The van der Waals surface area contributed by atoms with Crippen molar-refractivity contribution < 1.29 is 0 Å². The number of nitrogens with zero attached hydrogens (tertiary/aromatic N) is 1. The fourth-order valence-corrected chi connectivity index (χ4v) is 3.44. The smallest absolute Gasteiger partial charge is 0.108 e. The van der Waals surface area contributed by atoms with Crippen molar-refractivity contribution in [2.75, 3.05) is 7.05 Å². The third-order valence-corrected chi connectivity index (χ3v) is 5.02. The molecule has 2 rings (SSSR count). The Hall–Kier alpha value is -2.26. The van der Waals surface area contributed by atoms with E-state index in [0.717, 1.165) is 43.4 Å². The number of nitriles is 1. The molecule has 5 heteroatoms. The molecule has 1 aromatic heterocycles. The zero-order chi connectivity index (χ0) is 17.5. The van der Waals surface area contributed by atoms with Crippen LogP contribution in [0.15, 0.2) is 47.0 Å². The highest BCUT2D eigenvalue weighted by Crippen LogP contribution is 2.29. The summed E-state index contributed by atoms with van der Waals surface area (Å²) in [6, 6.07) is 12.4. The molecule has 0 aliphatic heterocycles. The van der Waals surface area contributed by atoms with Gasteiger partial charge in [0.15, 0.2) is 0 Å². The molecular formula is C19H19N3S2. The number of benzene rings is 1. The van der Waals surface area contributed by atoms with Gasteiger partial charge in [0.2, 0.25) is 0 Å². The quantitative estimate of drug-likeness (QED) is 0.640. The van der Waals surface area contributed by atoms with Crippen LogP contribution in [0.5, 0.6) is 0 Å². The van der Waals surface area contributed by atoms with E-state index >= 15 is 0 Å². The summed E-state index contributed by atoms with van der Waals surface area (Å²) in [6.45, 7) is 6.15. The maximum Gasteiger partial charge on any atom is 0.108 e. The molecule has 0 fully saturated rings. The molecule has 122 valence electrons. The van der Waals surface area contributed by atoms with Crippen LogP contribution in [-0.2, 0) is 0 Å². The minimum absolute atomic E-state index is 0.497. The van der Waals surface area contributed by atoms with Crippen molar-refractivity contribution in [2.45, 2.75) is 6.92 Å². The van der Waals surface area contributed by atoms with Gasteiger partial charge in [-0.2, -0.15) is 5.26 Å². The lowest BCUT2D eigenvalue weighted by Gasteiger charge is -2.01. The van der Waals surface area contributed by atoms with Crippen LogP contribution in [0.3, 0.4) is 0 Å². The molecule has 0 aliphatic carbocycles. The molecule has 0 saturated heterocycles. The van der Waals surface area contributed by atoms with E-state index in [9.17, 15) is 0 Å². The topological polar surface area (TPSA) is 61.8 Å². The zero-order valence-corrected chi connectivity index (χ0v) is 15.3. The van der Waals surface area contributed by atoms with E-state index in [-0.39, 0.29) is 0 Å². The summed E-state index contributed by atoms with van der Waals surface area (Å²) in [7, 11) is 1.90. The van der Waals surface area contributed by atoms with Gasteiger partial charge in [0.05, 0.1) is 0 Å². The molecule has 1 heterocycles. The van der Waals surface area contributed by atoms with Crippen molar-refractivity contribution in [3.05, 3.63) is 62.3 Å². The molecule has 2 aromatic rings. The van der Waals surface area contributed by atoms with Crippen molar-refractivity contribution in [3.8, 4) is 16.5 Å². The predicted molar refractivity (Wildman–Crippen MR) is 107 cm³/mol. The number of allylic oxidation sites excluding steroid dienone is 3. The summed E-state index contributed by atoms with van der Waals surface area (Å²) in [4.78, 5) is 2.64. The van der Waals surface area contributed by atoms with E-state index < -0.39 is 0 Å². The molecule has 0 amide bonds. The summed E-state index contributed by atoms with van der Waals surface area (Å²) in [6.07, 6.45) is 5.90. The second kappa shape index (κ2) is 8.55. The minimum atomic E-state index is 0.497. The maximum atomic E-state index is 8.95. The van der Waals surface area contributed by atoms with Crippen molar-refractivity contribution in [1.29, 1.82) is 5.26 Å². The summed E-state index contributed by atoms with van der Waals surface area (Å²) in [5, 5.41) is 19.6. The van der Waals surface area contributed by atoms with Crippen LogP contribution in [0.1, 0.15) is 11.8 Å². The number of thiophene rings is 1. The fraction of sp³-hybridized carbons (Fsp3) is 0.105. The predicted octanol–water partition coefficient (Wildman–Crippen LogP) is 3.20. The standard InChI is InChI=1S/C19H19N3S2/c1-4-16(22-3)10-14-5-6-15(9-13(14)2)19-8-7-17(23-19)11-18(12-20)24-21/h4-11,22H,2,21H2,1,3H3/b14-10-,16-4+,18-11+. The highest BCUT2D eigenvalue weighted by Gasteiger charge is 2.03. The average molecular weight is 354 g/mol. The van der Waals surface area contributed by atoms with Crippen LogP contribution < -0.4 is 20.9 Å². The van der Waals surface area contributed by atoms with Gasteiger partial charge in [-0.05, 0) is 65.2 Å². The lowest BCUT2D eigenvalue weighted by molar-refractivity contribution is 1.05. The van der Waals surface area contributed by atoms with Gasteiger partial charge in [0.1, 0.15) is 11.0 Å². The van der Waals surface area contributed by atoms with Gasteiger partial charge in [-0.15, -0.1) is 11.3 Å². The number of hydrogen-bond acceptors (Lipinski definition) is 5. The highest BCUT2D eigenvalue weighted by molar-refractivity contribution is 8.01. The van der Waals surface area contributed by atoms with Crippen LogP contribution in [0.25, 0.3) is 29.2 Å². The van der Waals surface area contributed by atoms with Crippen molar-refractivity contribution >= 4 is 42.0 Å². The first kappa shape index (κ1) is 18.1. The molecule has 0 bridgehead atoms. The van der Waals surface area contributed by atoms with E-state index in [1.54, 1.807) is 17.4 Å². The number of nitrogens with one attached hydrogen (secondary N) is 1. The van der Waals surface area contributed by atoms with Gasteiger partial charge >= 0.3 is 0 Å². The van der Waals surface area contributed by atoms with Gasteiger partial charge < -0.3 is 5.32 Å². The van der Waals surface area contributed by atoms with Crippen LogP contribution in [0.4, 0.5) is 0 Å². The molecule has 3 nitrogen and oxygen atoms in total. The summed E-state index contributed by atoms with van der Waals surface area (Å²) >= 11 is 2.59. The van der Waals surface area contributed by atoms with Crippen LogP contribution in [0.2, 0.25) is 0 Å². The van der Waals surface area contributed by atoms with Gasteiger partial charge in [-0.1, -0.05) is 24.8 Å². The number of rotatable bonds is 5. The van der Waals surface area contributed by atoms with Crippen LogP contribution >= 0.6 is 23.3 Å². The Morgan fingerprint density at radius 3 is 2.75 bits per heavy atom. The van der Waals surface area contributed by atoms with Crippen LogP contribution in [0, 0.1) is 11.3 Å². The Balaban J connectivity index is 2.37. The molecule has 0 aliphatic rings. The SMILES string of the molecule is C=c1cc(-c2ccc(/C=C(\C#N)SN)s2)cc/c1=C/C(=C\C)NC. The van der Waals surface area contributed by atoms with Crippen molar-refractivity contribution in [3.63, 3.8) is 0 Å². The molecule has 0 radical (unpaired) electrons. The molecule has 0 spiro atoms. The fourth-order valence-electron chi connectivity index (χ4n) is 2.17. The number of hydrogen-bond donors (Lipinski definition) is 2. The zero-order valence-electron chi connectivity index (χ0n) is 13.7. The molecule has 0 unspecified atom stereocenters. The summed E-state index contributed by atoms with van der Waals surface area (Å²) < 4.78 is 0. The van der Waals surface area contributed by atoms with Gasteiger partial charge in [-0.3, -0.25) is 5.14 Å². The van der Waals surface area contributed by atoms with Crippen molar-refractivity contribution in [1.82, 2.24) is 5.32 Å². The van der Waals surface area contributed by atoms with E-state index in [4.69, 9.17) is 10.4 Å². The molecule has 3 N–H and O–H groups in total. The van der Waals surface area contributed by atoms with E-state index in [2.05, 4.69) is 48.3 Å². The van der Waals surface area contributed by atoms with Crippen molar-refractivity contribution in [2.24, 2.45) is 5.14 Å². The normalized spacial score (nSPS) is 13.0. The third kappa shape index (κ3) is 4.39. The molecular weight excluding hydrogens is 334 g/mol. The molecule has 0 saturated carbocycles. The lowest BCUT2D eigenvalue weighted by atomic mass is 10.1. The Labute approximate surface area is 150 Å². The molecule has 0 atom stereocenters. The Kier molecular flexibility index (Phi) is 6.44. The van der Waals surface area contributed by atoms with Crippen LogP contribution in [-0.4, -0.2) is 7.05 Å². The minimum Gasteiger partial charge on any atom is -0.388 e. The Bertz CT molecular complexity index is 930. The second-order valence-electron chi connectivity index (χ2n) is 4.99. The van der Waals surface area contributed by atoms with Gasteiger partial charge in [0, 0.05) is 22.5 Å². The van der Waals surface area contributed by atoms with E-state index in [0.29, 0.717) is 4.91 Å².